The Morgan fingerprint density at radius 3 is 2.54 bits per heavy atom. The first-order valence-corrected chi connectivity index (χ1v) is 8.33. The summed E-state index contributed by atoms with van der Waals surface area (Å²) in [5.41, 5.74) is 3.69. The van der Waals surface area contributed by atoms with E-state index in [1.165, 1.54) is 11.1 Å². The number of anilines is 1. The quantitative estimate of drug-likeness (QED) is 0.701. The summed E-state index contributed by atoms with van der Waals surface area (Å²) in [4.78, 5) is 17.8. The molecule has 6 nitrogen and oxygen atoms in total. The van der Waals surface area contributed by atoms with Crippen LogP contribution in [0.5, 0.6) is 5.75 Å². The van der Waals surface area contributed by atoms with Crippen LogP contribution in [0.4, 0.5) is 24.5 Å². The smallest absolute Gasteiger partial charge is 0.490 e. The SMILES string of the molecule is O=C(O)C(F)(F)F.Oc1c(NCc2ccccc2)cc2c3c1N=CC=3CCN=2. The molecular weight excluding hydrogens is 375 g/mol. The van der Waals surface area contributed by atoms with Crippen molar-refractivity contribution in [2.75, 3.05) is 11.9 Å². The lowest BCUT2D eigenvalue weighted by Crippen LogP contribution is -2.30. The molecule has 4 rings (SSSR count). The molecule has 0 aliphatic carbocycles. The molecule has 0 aromatic heterocycles. The number of aliphatic imine (C=N–C) groups is 1. The predicted molar refractivity (Wildman–Crippen MR) is 97.4 cm³/mol. The van der Waals surface area contributed by atoms with Gasteiger partial charge in [0, 0.05) is 24.5 Å². The first-order valence-electron chi connectivity index (χ1n) is 8.33. The van der Waals surface area contributed by atoms with E-state index in [0.717, 1.165) is 23.5 Å². The van der Waals surface area contributed by atoms with Crippen LogP contribution in [-0.4, -0.2) is 35.1 Å². The Morgan fingerprint density at radius 2 is 1.89 bits per heavy atom. The summed E-state index contributed by atoms with van der Waals surface area (Å²) in [5.74, 6) is -2.54. The predicted octanol–water partition coefficient (Wildman–Crippen LogP) is 2.53. The zero-order valence-electron chi connectivity index (χ0n) is 14.5. The molecule has 146 valence electrons. The van der Waals surface area contributed by atoms with Gasteiger partial charge in [-0.2, -0.15) is 13.2 Å². The number of rotatable bonds is 3. The first-order chi connectivity index (χ1) is 13.3. The van der Waals surface area contributed by atoms with Crippen LogP contribution in [0.15, 0.2) is 46.4 Å². The molecule has 0 saturated carbocycles. The van der Waals surface area contributed by atoms with Crippen molar-refractivity contribution in [3.63, 3.8) is 0 Å². The average Bonchev–Trinajstić information content (AvgIpc) is 3.10. The second kappa shape index (κ2) is 7.71. The van der Waals surface area contributed by atoms with Gasteiger partial charge in [-0.3, -0.25) is 9.98 Å². The minimum atomic E-state index is -5.08. The Kier molecular flexibility index (Phi) is 5.34. The van der Waals surface area contributed by atoms with Crippen LogP contribution in [-0.2, 0) is 11.3 Å². The van der Waals surface area contributed by atoms with E-state index in [0.29, 0.717) is 17.9 Å². The van der Waals surface area contributed by atoms with Gasteiger partial charge in [0.1, 0.15) is 5.69 Å². The Labute approximate surface area is 157 Å². The molecule has 2 aliphatic heterocycles. The van der Waals surface area contributed by atoms with Crippen LogP contribution < -0.4 is 15.9 Å². The molecule has 0 fully saturated rings. The van der Waals surface area contributed by atoms with E-state index in [1.807, 2.05) is 30.5 Å². The molecule has 0 atom stereocenters. The van der Waals surface area contributed by atoms with Gasteiger partial charge in [0.2, 0.25) is 0 Å². The third-order valence-corrected chi connectivity index (χ3v) is 4.16. The molecule has 2 aromatic rings. The summed E-state index contributed by atoms with van der Waals surface area (Å²) >= 11 is 0. The van der Waals surface area contributed by atoms with Gasteiger partial charge < -0.3 is 15.5 Å². The number of carbonyl (C=O) groups is 1. The maximum atomic E-state index is 10.6. The van der Waals surface area contributed by atoms with E-state index >= 15 is 0 Å². The van der Waals surface area contributed by atoms with Crippen LogP contribution in [0, 0.1) is 0 Å². The van der Waals surface area contributed by atoms with Gasteiger partial charge in [0.05, 0.1) is 11.0 Å². The topological polar surface area (TPSA) is 94.3 Å². The van der Waals surface area contributed by atoms with Gasteiger partial charge in [0.25, 0.3) is 0 Å². The number of benzene rings is 2. The highest BCUT2D eigenvalue weighted by Gasteiger charge is 2.38. The van der Waals surface area contributed by atoms with E-state index in [-0.39, 0.29) is 5.75 Å². The van der Waals surface area contributed by atoms with Gasteiger partial charge in [-0.15, -0.1) is 0 Å². The van der Waals surface area contributed by atoms with Crippen LogP contribution >= 0.6 is 0 Å². The largest absolute Gasteiger partial charge is 0.504 e. The number of carboxylic acid groups (broad SMARTS) is 1. The Balaban J connectivity index is 0.000000279. The molecule has 0 bridgehead atoms. The lowest BCUT2D eigenvalue weighted by atomic mass is 10.1. The van der Waals surface area contributed by atoms with Crippen molar-refractivity contribution in [2.45, 2.75) is 19.1 Å². The lowest BCUT2D eigenvalue weighted by Gasteiger charge is -2.12. The van der Waals surface area contributed by atoms with Crippen LogP contribution in [0.2, 0.25) is 0 Å². The Bertz CT molecular complexity index is 1050. The number of phenolic OH excluding ortho intramolecular Hbond substituents is 1. The molecule has 0 radical (unpaired) electrons. The van der Waals surface area contributed by atoms with Crippen molar-refractivity contribution in [1.29, 1.82) is 0 Å². The van der Waals surface area contributed by atoms with Crippen molar-refractivity contribution in [1.82, 2.24) is 0 Å². The van der Waals surface area contributed by atoms with Gasteiger partial charge in [-0.05, 0) is 23.6 Å². The fourth-order valence-electron chi connectivity index (χ4n) is 2.83. The molecule has 3 N–H and O–H groups in total. The third kappa shape index (κ3) is 4.13. The second-order valence-corrected chi connectivity index (χ2v) is 6.07. The zero-order valence-corrected chi connectivity index (χ0v) is 14.5. The van der Waals surface area contributed by atoms with Crippen LogP contribution in [0.3, 0.4) is 0 Å². The number of hydrogen-bond donors (Lipinski definition) is 3. The standard InChI is InChI=1S/C17H15N3O.C2HF3O2/c21-17-14(19-9-11-4-2-1-3-5-11)8-13-15-12(6-7-18-13)10-20-16(15)17;3-2(4,5)1(6)7/h1-5,8,10,19,21H,6-7,9H2;(H,6,7). The van der Waals surface area contributed by atoms with Crippen molar-refractivity contribution >= 4 is 29.1 Å². The summed E-state index contributed by atoms with van der Waals surface area (Å²) in [7, 11) is 0. The van der Waals surface area contributed by atoms with Crippen LogP contribution in [0.1, 0.15) is 12.0 Å². The minimum Gasteiger partial charge on any atom is -0.504 e. The molecule has 2 aliphatic rings. The summed E-state index contributed by atoms with van der Waals surface area (Å²) in [6.07, 6.45) is -2.33. The maximum Gasteiger partial charge on any atom is 0.490 e. The number of nitrogens with one attached hydrogen (secondary N) is 1. The fraction of sp³-hybridized carbons (Fsp3) is 0.211. The average molecular weight is 391 g/mol. The van der Waals surface area contributed by atoms with Gasteiger partial charge in [0.15, 0.2) is 5.75 Å². The van der Waals surface area contributed by atoms with E-state index in [4.69, 9.17) is 9.90 Å². The Morgan fingerprint density at radius 1 is 1.21 bits per heavy atom. The van der Waals surface area contributed by atoms with E-state index in [2.05, 4.69) is 27.4 Å². The normalized spacial score (nSPS) is 13.9. The molecule has 9 heteroatoms. The molecule has 0 spiro atoms. The number of carboxylic acids is 1. The number of hydrogen-bond acceptors (Lipinski definition) is 5. The van der Waals surface area contributed by atoms with Crippen molar-refractivity contribution < 1.29 is 28.2 Å². The molecule has 28 heavy (non-hydrogen) atoms. The van der Waals surface area contributed by atoms with Crippen molar-refractivity contribution in [3.05, 3.63) is 52.5 Å². The maximum absolute atomic E-state index is 10.6. The summed E-state index contributed by atoms with van der Waals surface area (Å²) < 4.78 is 31.7. The molecular formula is C19H16F3N3O3. The Hall–Kier alpha value is -3.36. The summed E-state index contributed by atoms with van der Waals surface area (Å²) in [5, 5.41) is 22.8. The molecule has 2 heterocycles. The third-order valence-electron chi connectivity index (χ3n) is 4.16. The number of aliphatic carboxylic acids is 1. The summed E-state index contributed by atoms with van der Waals surface area (Å²) in [6.45, 7) is 1.45. The number of nitrogens with zero attached hydrogens (tertiary/aromatic N) is 2. The zero-order chi connectivity index (χ0) is 20.3. The molecule has 2 aromatic carbocycles. The molecule has 0 amide bonds. The van der Waals surface area contributed by atoms with Crippen molar-refractivity contribution in [3.8, 4) is 5.75 Å². The molecule has 0 saturated heterocycles. The minimum absolute atomic E-state index is 0.216. The highest BCUT2D eigenvalue weighted by molar-refractivity contribution is 6.08. The van der Waals surface area contributed by atoms with Crippen molar-refractivity contribution in [2.24, 2.45) is 9.98 Å². The van der Waals surface area contributed by atoms with E-state index in [9.17, 15) is 18.3 Å². The number of halogens is 3. The highest BCUT2D eigenvalue weighted by Crippen LogP contribution is 2.33. The fourth-order valence-corrected chi connectivity index (χ4v) is 2.83. The first kappa shape index (κ1) is 19.4. The van der Waals surface area contributed by atoms with Gasteiger partial charge in [-0.1, -0.05) is 30.3 Å². The highest BCUT2D eigenvalue weighted by atomic mass is 19.4. The number of alkyl halides is 3. The van der Waals surface area contributed by atoms with Gasteiger partial charge in [-0.25, -0.2) is 4.79 Å². The number of aromatic hydroxyl groups is 1. The number of phenols is 1. The second-order valence-electron chi connectivity index (χ2n) is 6.07. The monoisotopic (exact) mass is 391 g/mol. The van der Waals surface area contributed by atoms with E-state index < -0.39 is 12.1 Å². The van der Waals surface area contributed by atoms with Crippen LogP contribution in [0.25, 0.3) is 5.57 Å². The summed E-state index contributed by atoms with van der Waals surface area (Å²) in [6, 6.07) is 12.0. The van der Waals surface area contributed by atoms with E-state index in [1.54, 1.807) is 0 Å². The molecule has 0 unspecified atom stereocenters. The van der Waals surface area contributed by atoms with Gasteiger partial charge >= 0.3 is 12.1 Å². The lowest BCUT2D eigenvalue weighted by molar-refractivity contribution is -0.192.